The molecule has 5 heteroatoms. The van der Waals surface area contributed by atoms with Gasteiger partial charge in [0.2, 0.25) is 5.91 Å². The highest BCUT2D eigenvalue weighted by Gasteiger charge is 2.08. The third-order valence-electron chi connectivity index (χ3n) is 2.28. The first-order chi connectivity index (χ1) is 8.02. The summed E-state index contributed by atoms with van der Waals surface area (Å²) in [5.41, 5.74) is 0.585. The summed E-state index contributed by atoms with van der Waals surface area (Å²) in [6.45, 7) is 4.78. The Morgan fingerprint density at radius 3 is 2.82 bits per heavy atom. The molecule has 1 rings (SSSR count). The lowest BCUT2D eigenvalue weighted by molar-refractivity contribution is -0.116. The molecule has 1 aromatic carbocycles. The minimum absolute atomic E-state index is 0.00526. The SMILES string of the molecule is CCNC(C)CC(=O)Nc1ccc(O)c(Cl)c1. The first-order valence-corrected chi connectivity index (χ1v) is 5.92. The minimum atomic E-state index is -0.0831. The zero-order valence-electron chi connectivity index (χ0n) is 9.96. The Labute approximate surface area is 106 Å². The molecule has 1 aromatic rings. The second kappa shape index (κ2) is 6.47. The third kappa shape index (κ3) is 4.63. The van der Waals surface area contributed by atoms with Crippen LogP contribution in [0, 0.1) is 0 Å². The van der Waals surface area contributed by atoms with Crippen molar-refractivity contribution in [2.24, 2.45) is 0 Å². The van der Waals surface area contributed by atoms with Crippen molar-refractivity contribution in [2.75, 3.05) is 11.9 Å². The van der Waals surface area contributed by atoms with Gasteiger partial charge >= 0.3 is 0 Å². The second-order valence-corrected chi connectivity index (χ2v) is 4.28. The van der Waals surface area contributed by atoms with E-state index in [-0.39, 0.29) is 22.7 Å². The Kier molecular flexibility index (Phi) is 5.25. The van der Waals surface area contributed by atoms with Crippen LogP contribution >= 0.6 is 11.6 Å². The van der Waals surface area contributed by atoms with Crippen molar-refractivity contribution in [3.63, 3.8) is 0 Å². The monoisotopic (exact) mass is 256 g/mol. The Bertz CT molecular complexity index is 396. The van der Waals surface area contributed by atoms with Crippen molar-refractivity contribution in [1.29, 1.82) is 0 Å². The first-order valence-electron chi connectivity index (χ1n) is 5.54. The van der Waals surface area contributed by atoms with E-state index in [1.54, 1.807) is 6.07 Å². The largest absolute Gasteiger partial charge is 0.506 e. The van der Waals surface area contributed by atoms with Crippen LogP contribution in [0.3, 0.4) is 0 Å². The Morgan fingerprint density at radius 2 is 2.24 bits per heavy atom. The van der Waals surface area contributed by atoms with Gasteiger partial charge in [-0.25, -0.2) is 0 Å². The molecule has 0 saturated carbocycles. The van der Waals surface area contributed by atoms with E-state index in [0.29, 0.717) is 12.1 Å². The standard InChI is InChI=1S/C12H17ClN2O2/c1-3-14-8(2)6-12(17)15-9-4-5-11(16)10(13)7-9/h4-5,7-8,14,16H,3,6H2,1-2H3,(H,15,17). The van der Waals surface area contributed by atoms with Gasteiger partial charge in [0.05, 0.1) is 5.02 Å². The van der Waals surface area contributed by atoms with E-state index in [1.165, 1.54) is 12.1 Å². The summed E-state index contributed by atoms with van der Waals surface area (Å²) in [5, 5.41) is 15.3. The van der Waals surface area contributed by atoms with Crippen LogP contribution in [0.2, 0.25) is 5.02 Å². The number of hydrogen-bond acceptors (Lipinski definition) is 3. The number of rotatable bonds is 5. The quantitative estimate of drug-likeness (QED) is 0.709. The number of hydrogen-bond donors (Lipinski definition) is 3. The Hall–Kier alpha value is -1.26. The maximum Gasteiger partial charge on any atom is 0.225 e. The summed E-state index contributed by atoms with van der Waals surface area (Å²) in [5.74, 6) is -0.0779. The second-order valence-electron chi connectivity index (χ2n) is 3.88. The highest BCUT2D eigenvalue weighted by atomic mass is 35.5. The highest BCUT2D eigenvalue weighted by Crippen LogP contribution is 2.26. The Morgan fingerprint density at radius 1 is 1.53 bits per heavy atom. The lowest BCUT2D eigenvalue weighted by Crippen LogP contribution is -2.30. The molecule has 1 amide bonds. The van der Waals surface area contributed by atoms with Gasteiger partial charge in [0.15, 0.2) is 0 Å². The van der Waals surface area contributed by atoms with E-state index < -0.39 is 0 Å². The molecule has 0 aromatic heterocycles. The van der Waals surface area contributed by atoms with Crippen molar-refractivity contribution in [3.8, 4) is 5.75 Å². The van der Waals surface area contributed by atoms with Crippen molar-refractivity contribution in [1.82, 2.24) is 5.32 Å². The number of phenols is 1. The molecule has 94 valence electrons. The maximum absolute atomic E-state index is 11.6. The zero-order chi connectivity index (χ0) is 12.8. The minimum Gasteiger partial charge on any atom is -0.506 e. The average molecular weight is 257 g/mol. The van der Waals surface area contributed by atoms with E-state index in [0.717, 1.165) is 6.54 Å². The number of phenolic OH excluding ortho intramolecular Hbond substituents is 1. The van der Waals surface area contributed by atoms with Crippen LogP contribution < -0.4 is 10.6 Å². The van der Waals surface area contributed by atoms with Crippen molar-refractivity contribution in [2.45, 2.75) is 26.3 Å². The van der Waals surface area contributed by atoms with Crippen LogP contribution in [0.25, 0.3) is 0 Å². The van der Waals surface area contributed by atoms with Gasteiger partial charge in [-0.2, -0.15) is 0 Å². The van der Waals surface area contributed by atoms with E-state index in [9.17, 15) is 9.90 Å². The van der Waals surface area contributed by atoms with Crippen LogP contribution in [-0.2, 0) is 4.79 Å². The maximum atomic E-state index is 11.6. The molecule has 0 aliphatic rings. The molecular formula is C12H17ClN2O2. The predicted octanol–water partition coefficient (Wildman–Crippen LogP) is 2.37. The van der Waals surface area contributed by atoms with Gasteiger partial charge in [-0.15, -0.1) is 0 Å². The molecule has 0 aliphatic carbocycles. The summed E-state index contributed by atoms with van der Waals surface area (Å²) in [7, 11) is 0. The molecule has 0 heterocycles. The predicted molar refractivity (Wildman–Crippen MR) is 69.5 cm³/mol. The smallest absolute Gasteiger partial charge is 0.225 e. The first kappa shape index (κ1) is 13.8. The average Bonchev–Trinajstić information content (AvgIpc) is 2.23. The van der Waals surface area contributed by atoms with Crippen LogP contribution in [-0.4, -0.2) is 23.6 Å². The molecule has 1 unspecified atom stereocenters. The number of nitrogens with one attached hydrogen (secondary N) is 2. The van der Waals surface area contributed by atoms with E-state index in [2.05, 4.69) is 10.6 Å². The van der Waals surface area contributed by atoms with Crippen molar-refractivity contribution < 1.29 is 9.90 Å². The molecule has 1 atom stereocenters. The van der Waals surface area contributed by atoms with Crippen LogP contribution in [0.4, 0.5) is 5.69 Å². The highest BCUT2D eigenvalue weighted by molar-refractivity contribution is 6.32. The van der Waals surface area contributed by atoms with Gasteiger partial charge in [-0.3, -0.25) is 4.79 Å². The fourth-order valence-corrected chi connectivity index (χ4v) is 1.68. The van der Waals surface area contributed by atoms with Crippen LogP contribution in [0.15, 0.2) is 18.2 Å². The number of amides is 1. The third-order valence-corrected chi connectivity index (χ3v) is 2.58. The van der Waals surface area contributed by atoms with Gasteiger partial charge in [0.1, 0.15) is 5.75 Å². The number of benzene rings is 1. The lowest BCUT2D eigenvalue weighted by Gasteiger charge is -2.12. The molecule has 0 bridgehead atoms. The van der Waals surface area contributed by atoms with Gasteiger partial charge in [0.25, 0.3) is 0 Å². The molecule has 0 fully saturated rings. The van der Waals surface area contributed by atoms with Crippen molar-refractivity contribution >= 4 is 23.2 Å². The lowest BCUT2D eigenvalue weighted by atomic mass is 10.2. The molecule has 0 saturated heterocycles. The Balaban J connectivity index is 2.53. The fourth-order valence-electron chi connectivity index (χ4n) is 1.50. The summed E-state index contributed by atoms with van der Waals surface area (Å²) in [6.07, 6.45) is 0.395. The number of carbonyl (C=O) groups is 1. The van der Waals surface area contributed by atoms with E-state index in [1.807, 2.05) is 13.8 Å². The van der Waals surface area contributed by atoms with E-state index >= 15 is 0 Å². The molecule has 0 aliphatic heterocycles. The van der Waals surface area contributed by atoms with Gasteiger partial charge in [0, 0.05) is 18.2 Å². The fraction of sp³-hybridized carbons (Fsp3) is 0.417. The van der Waals surface area contributed by atoms with E-state index in [4.69, 9.17) is 11.6 Å². The zero-order valence-corrected chi connectivity index (χ0v) is 10.7. The summed E-state index contributed by atoms with van der Waals surface area (Å²) < 4.78 is 0. The number of aromatic hydroxyl groups is 1. The number of carbonyl (C=O) groups excluding carboxylic acids is 1. The molecule has 4 nitrogen and oxygen atoms in total. The normalized spacial score (nSPS) is 12.2. The van der Waals surface area contributed by atoms with Gasteiger partial charge < -0.3 is 15.7 Å². The van der Waals surface area contributed by atoms with Crippen molar-refractivity contribution in [3.05, 3.63) is 23.2 Å². The van der Waals surface area contributed by atoms with Gasteiger partial charge in [-0.05, 0) is 31.7 Å². The molecule has 0 spiro atoms. The summed E-state index contributed by atoms with van der Waals surface area (Å²) >= 11 is 5.74. The number of halogens is 1. The molecular weight excluding hydrogens is 240 g/mol. The molecule has 3 N–H and O–H groups in total. The molecule has 17 heavy (non-hydrogen) atoms. The van der Waals surface area contributed by atoms with Crippen LogP contribution in [0.1, 0.15) is 20.3 Å². The van der Waals surface area contributed by atoms with Crippen LogP contribution in [0.5, 0.6) is 5.75 Å². The van der Waals surface area contributed by atoms with Gasteiger partial charge in [-0.1, -0.05) is 18.5 Å². The summed E-state index contributed by atoms with van der Waals surface area (Å²) in [6, 6.07) is 4.71. The molecule has 0 radical (unpaired) electrons. The summed E-state index contributed by atoms with van der Waals surface area (Å²) in [4.78, 5) is 11.6. The topological polar surface area (TPSA) is 61.4 Å². The number of anilines is 1.